The molecule has 7 heteroatoms. The van der Waals surface area contributed by atoms with Crippen LogP contribution in [0.15, 0.2) is 58.0 Å². The molecule has 3 rings (SSSR count). The van der Waals surface area contributed by atoms with Crippen molar-refractivity contribution in [3.63, 3.8) is 0 Å². The van der Waals surface area contributed by atoms with E-state index >= 15 is 0 Å². The minimum Gasteiger partial charge on any atom is -0.455 e. The van der Waals surface area contributed by atoms with Crippen LogP contribution in [0.5, 0.6) is 0 Å². The van der Waals surface area contributed by atoms with E-state index in [1.165, 1.54) is 18.3 Å². The number of furan rings is 1. The zero-order chi connectivity index (χ0) is 21.0. The Morgan fingerprint density at radius 3 is 2.62 bits per heavy atom. The van der Waals surface area contributed by atoms with Crippen LogP contribution in [-0.2, 0) is 11.2 Å². The Morgan fingerprint density at radius 2 is 1.90 bits per heavy atom. The summed E-state index contributed by atoms with van der Waals surface area (Å²) in [6.45, 7) is 5.83. The van der Waals surface area contributed by atoms with Gasteiger partial charge in [-0.3, -0.25) is 14.9 Å². The van der Waals surface area contributed by atoms with Crippen molar-refractivity contribution in [3.05, 3.63) is 86.7 Å². The third-order valence-electron chi connectivity index (χ3n) is 4.55. The number of nitrogens with one attached hydrogen (secondary N) is 1. The molecule has 0 bridgehead atoms. The maximum absolute atomic E-state index is 12.1. The maximum Gasteiger partial charge on any atom is 0.270 e. The minimum atomic E-state index is -0.445. The number of nitro groups is 1. The average molecular weight is 391 g/mol. The summed E-state index contributed by atoms with van der Waals surface area (Å²) in [4.78, 5) is 22.6. The lowest BCUT2D eigenvalue weighted by atomic mass is 10.0. The van der Waals surface area contributed by atoms with Crippen molar-refractivity contribution in [2.45, 2.75) is 27.2 Å². The summed E-state index contributed by atoms with van der Waals surface area (Å²) in [6.07, 6.45) is 1.63. The second-order valence-electron chi connectivity index (χ2n) is 6.86. The van der Waals surface area contributed by atoms with Gasteiger partial charge in [0.15, 0.2) is 0 Å². The first-order chi connectivity index (χ1) is 13.8. The number of hydrazone groups is 1. The summed E-state index contributed by atoms with van der Waals surface area (Å²) in [5.41, 5.74) is 7.14. The fourth-order valence-electron chi connectivity index (χ4n) is 2.98. The largest absolute Gasteiger partial charge is 0.455 e. The SMILES string of the molecule is Cc1ccc(CC(=O)N/N=C\c2ccc(-c3cc([N+](=O)[O-])ccc3C)o2)c(C)c1. The molecule has 2 aromatic carbocycles. The molecule has 0 spiro atoms. The Morgan fingerprint density at radius 1 is 1.10 bits per heavy atom. The third-order valence-corrected chi connectivity index (χ3v) is 4.55. The molecule has 1 N–H and O–H groups in total. The molecule has 1 heterocycles. The molecule has 0 atom stereocenters. The highest BCUT2D eigenvalue weighted by atomic mass is 16.6. The Hall–Kier alpha value is -3.74. The number of non-ortho nitro benzene ring substituents is 1. The van der Waals surface area contributed by atoms with E-state index in [2.05, 4.69) is 10.5 Å². The van der Waals surface area contributed by atoms with E-state index in [0.29, 0.717) is 17.1 Å². The Bertz CT molecular complexity index is 1100. The molecule has 0 radical (unpaired) electrons. The number of aryl methyl sites for hydroxylation is 3. The van der Waals surface area contributed by atoms with Crippen LogP contribution in [-0.4, -0.2) is 17.0 Å². The molecule has 7 nitrogen and oxygen atoms in total. The monoisotopic (exact) mass is 391 g/mol. The second kappa shape index (κ2) is 8.52. The average Bonchev–Trinajstić information content (AvgIpc) is 3.13. The van der Waals surface area contributed by atoms with E-state index < -0.39 is 4.92 Å². The van der Waals surface area contributed by atoms with Crippen LogP contribution in [0.4, 0.5) is 5.69 Å². The molecule has 1 amide bonds. The minimum absolute atomic E-state index is 0.00382. The molecule has 148 valence electrons. The molecular weight excluding hydrogens is 370 g/mol. The van der Waals surface area contributed by atoms with Crippen LogP contribution in [0, 0.1) is 30.9 Å². The van der Waals surface area contributed by atoms with Gasteiger partial charge >= 0.3 is 0 Å². The fourth-order valence-corrected chi connectivity index (χ4v) is 2.98. The zero-order valence-electron chi connectivity index (χ0n) is 16.4. The van der Waals surface area contributed by atoms with E-state index in [-0.39, 0.29) is 18.0 Å². The van der Waals surface area contributed by atoms with Crippen LogP contribution in [0.25, 0.3) is 11.3 Å². The molecule has 0 unspecified atom stereocenters. The number of amides is 1. The quantitative estimate of drug-likeness (QED) is 0.381. The topological polar surface area (TPSA) is 97.7 Å². The van der Waals surface area contributed by atoms with E-state index in [1.807, 2.05) is 39.0 Å². The number of rotatable bonds is 6. The number of carbonyl (C=O) groups excluding carboxylic acids is 1. The van der Waals surface area contributed by atoms with Crippen LogP contribution in [0.2, 0.25) is 0 Å². The second-order valence-corrected chi connectivity index (χ2v) is 6.86. The lowest BCUT2D eigenvalue weighted by Crippen LogP contribution is -2.20. The summed E-state index contributed by atoms with van der Waals surface area (Å²) in [5.74, 6) is 0.696. The summed E-state index contributed by atoms with van der Waals surface area (Å²) in [5, 5.41) is 14.9. The van der Waals surface area contributed by atoms with Crippen molar-refractivity contribution in [1.82, 2.24) is 5.43 Å². The summed E-state index contributed by atoms with van der Waals surface area (Å²) in [6, 6.07) is 13.9. The van der Waals surface area contributed by atoms with Crippen LogP contribution < -0.4 is 5.43 Å². The summed E-state index contributed by atoms with van der Waals surface area (Å²) in [7, 11) is 0. The van der Waals surface area contributed by atoms with E-state index in [0.717, 1.165) is 22.3 Å². The van der Waals surface area contributed by atoms with Crippen LogP contribution >= 0.6 is 0 Å². The Labute approximate surface area is 168 Å². The van der Waals surface area contributed by atoms with Crippen molar-refractivity contribution in [1.29, 1.82) is 0 Å². The van der Waals surface area contributed by atoms with Gasteiger partial charge in [0.25, 0.3) is 5.69 Å². The van der Waals surface area contributed by atoms with E-state index in [1.54, 1.807) is 18.2 Å². The predicted octanol–water partition coefficient (Wildman–Crippen LogP) is 4.47. The first-order valence-corrected chi connectivity index (χ1v) is 9.07. The molecule has 0 aliphatic heterocycles. The lowest BCUT2D eigenvalue weighted by Gasteiger charge is -2.05. The van der Waals surface area contributed by atoms with Crippen LogP contribution in [0.3, 0.4) is 0 Å². The van der Waals surface area contributed by atoms with Crippen molar-refractivity contribution in [2.24, 2.45) is 5.10 Å². The number of benzene rings is 2. The first kappa shape index (κ1) is 20.0. The lowest BCUT2D eigenvalue weighted by molar-refractivity contribution is -0.384. The number of hydrogen-bond donors (Lipinski definition) is 1. The zero-order valence-corrected chi connectivity index (χ0v) is 16.4. The highest BCUT2D eigenvalue weighted by Gasteiger charge is 2.13. The van der Waals surface area contributed by atoms with Gasteiger partial charge in [-0.2, -0.15) is 5.10 Å². The number of nitrogens with zero attached hydrogens (tertiary/aromatic N) is 2. The molecule has 29 heavy (non-hydrogen) atoms. The van der Waals surface area contributed by atoms with Gasteiger partial charge in [0, 0.05) is 17.7 Å². The molecule has 3 aromatic rings. The molecule has 0 saturated carbocycles. The van der Waals surface area contributed by atoms with E-state index in [4.69, 9.17) is 4.42 Å². The van der Waals surface area contributed by atoms with Gasteiger partial charge in [-0.1, -0.05) is 29.8 Å². The predicted molar refractivity (Wildman–Crippen MR) is 111 cm³/mol. The molecular formula is C22H21N3O4. The Kier molecular flexibility index (Phi) is 5.87. The standard InChI is InChI=1S/C22H21N3O4/c1-14-4-6-17(16(3)10-14)11-22(26)24-23-13-19-8-9-21(29-19)20-12-18(25(27)28)7-5-15(20)2/h4-10,12-13H,11H2,1-3H3,(H,24,26)/b23-13-. The normalized spacial score (nSPS) is 11.0. The smallest absolute Gasteiger partial charge is 0.270 e. The maximum atomic E-state index is 12.1. The molecule has 0 saturated heterocycles. The van der Waals surface area contributed by atoms with Crippen LogP contribution in [0.1, 0.15) is 28.0 Å². The number of hydrogen-bond acceptors (Lipinski definition) is 5. The van der Waals surface area contributed by atoms with E-state index in [9.17, 15) is 14.9 Å². The fraction of sp³-hybridized carbons (Fsp3) is 0.182. The third kappa shape index (κ3) is 4.95. The highest BCUT2D eigenvalue weighted by Crippen LogP contribution is 2.28. The highest BCUT2D eigenvalue weighted by molar-refractivity contribution is 5.82. The van der Waals surface area contributed by atoms with Crippen molar-refractivity contribution in [2.75, 3.05) is 0 Å². The molecule has 0 aliphatic rings. The van der Waals surface area contributed by atoms with Gasteiger partial charge in [0.1, 0.15) is 11.5 Å². The van der Waals surface area contributed by atoms with Crippen molar-refractivity contribution >= 4 is 17.8 Å². The van der Waals surface area contributed by atoms with Gasteiger partial charge in [0.2, 0.25) is 5.91 Å². The van der Waals surface area contributed by atoms with Crippen molar-refractivity contribution < 1.29 is 14.1 Å². The summed E-state index contributed by atoms with van der Waals surface area (Å²) < 4.78 is 5.69. The van der Waals surface area contributed by atoms with Gasteiger partial charge < -0.3 is 4.42 Å². The van der Waals surface area contributed by atoms with Gasteiger partial charge in [-0.15, -0.1) is 0 Å². The van der Waals surface area contributed by atoms with Gasteiger partial charge in [-0.25, -0.2) is 5.43 Å². The van der Waals surface area contributed by atoms with Gasteiger partial charge in [-0.05, 0) is 49.6 Å². The Balaban J connectivity index is 1.65. The number of nitro benzene ring substituents is 1. The molecule has 1 aromatic heterocycles. The number of carbonyl (C=O) groups is 1. The molecule has 0 aliphatic carbocycles. The molecule has 0 fully saturated rings. The van der Waals surface area contributed by atoms with Gasteiger partial charge in [0.05, 0.1) is 17.6 Å². The first-order valence-electron chi connectivity index (χ1n) is 9.07. The van der Waals surface area contributed by atoms with Crippen molar-refractivity contribution in [3.8, 4) is 11.3 Å². The summed E-state index contributed by atoms with van der Waals surface area (Å²) >= 11 is 0.